The molecule has 20 heavy (non-hydrogen) atoms. The highest BCUT2D eigenvalue weighted by molar-refractivity contribution is 5.90. The minimum absolute atomic E-state index is 0.213. The third kappa shape index (κ3) is 3.85. The van der Waals surface area contributed by atoms with Gasteiger partial charge in [-0.2, -0.15) is 0 Å². The molecule has 0 spiro atoms. The van der Waals surface area contributed by atoms with E-state index in [0.717, 1.165) is 22.8 Å². The SMILES string of the molecule is Cc1ncc(-c2cccc(NC(=O)NC(C)(C)C)c2)[nH]1. The summed E-state index contributed by atoms with van der Waals surface area (Å²) in [6.07, 6.45) is 1.78. The summed E-state index contributed by atoms with van der Waals surface area (Å²) in [5, 5.41) is 5.69. The Balaban J connectivity index is 2.12. The summed E-state index contributed by atoms with van der Waals surface area (Å²) in [5.74, 6) is 0.865. The maximum absolute atomic E-state index is 11.8. The third-order valence-electron chi connectivity index (χ3n) is 2.62. The topological polar surface area (TPSA) is 69.8 Å². The van der Waals surface area contributed by atoms with Gasteiger partial charge in [0.05, 0.1) is 11.9 Å². The van der Waals surface area contributed by atoms with Gasteiger partial charge in [0.15, 0.2) is 0 Å². The van der Waals surface area contributed by atoms with Crippen LogP contribution in [-0.4, -0.2) is 21.5 Å². The molecule has 5 nitrogen and oxygen atoms in total. The number of aryl methyl sites for hydroxylation is 1. The molecule has 1 aromatic heterocycles. The maximum atomic E-state index is 11.8. The van der Waals surface area contributed by atoms with Gasteiger partial charge in [0, 0.05) is 16.8 Å². The number of hydrogen-bond donors (Lipinski definition) is 3. The van der Waals surface area contributed by atoms with Crippen LogP contribution in [0.1, 0.15) is 26.6 Å². The van der Waals surface area contributed by atoms with Crippen LogP contribution < -0.4 is 10.6 Å². The molecular weight excluding hydrogens is 252 g/mol. The minimum atomic E-state index is -0.262. The molecule has 0 aliphatic carbocycles. The molecule has 2 amide bonds. The molecule has 0 saturated heterocycles. The Labute approximate surface area is 118 Å². The zero-order valence-corrected chi connectivity index (χ0v) is 12.2. The van der Waals surface area contributed by atoms with Crippen LogP contribution in [0.3, 0.4) is 0 Å². The number of H-pyrrole nitrogens is 1. The van der Waals surface area contributed by atoms with Crippen LogP contribution in [0.4, 0.5) is 10.5 Å². The summed E-state index contributed by atoms with van der Waals surface area (Å²) in [6.45, 7) is 7.73. The molecule has 5 heteroatoms. The molecule has 3 N–H and O–H groups in total. The number of nitrogens with zero attached hydrogens (tertiary/aromatic N) is 1. The van der Waals surface area contributed by atoms with E-state index in [-0.39, 0.29) is 11.6 Å². The molecule has 0 bridgehead atoms. The first-order valence-electron chi connectivity index (χ1n) is 6.55. The summed E-state index contributed by atoms with van der Waals surface area (Å²) in [4.78, 5) is 19.2. The number of hydrogen-bond acceptors (Lipinski definition) is 2. The van der Waals surface area contributed by atoms with E-state index in [0.29, 0.717) is 0 Å². The van der Waals surface area contributed by atoms with Crippen LogP contribution in [0.15, 0.2) is 30.5 Å². The molecule has 0 atom stereocenters. The smallest absolute Gasteiger partial charge is 0.319 e. The highest BCUT2D eigenvalue weighted by Crippen LogP contribution is 2.21. The Bertz CT molecular complexity index is 610. The van der Waals surface area contributed by atoms with Crippen molar-refractivity contribution in [3.63, 3.8) is 0 Å². The lowest BCUT2D eigenvalue weighted by Gasteiger charge is -2.20. The van der Waals surface area contributed by atoms with Crippen molar-refractivity contribution in [3.8, 4) is 11.3 Å². The molecule has 1 heterocycles. The molecule has 0 aliphatic heterocycles. The first kappa shape index (κ1) is 14.1. The van der Waals surface area contributed by atoms with Crippen molar-refractivity contribution in [3.05, 3.63) is 36.3 Å². The number of urea groups is 1. The second-order valence-electron chi connectivity index (χ2n) is 5.79. The van der Waals surface area contributed by atoms with Gasteiger partial charge in [-0.25, -0.2) is 9.78 Å². The second kappa shape index (κ2) is 5.36. The first-order valence-corrected chi connectivity index (χ1v) is 6.55. The summed E-state index contributed by atoms with van der Waals surface area (Å²) >= 11 is 0. The van der Waals surface area contributed by atoms with Crippen molar-refractivity contribution in [1.29, 1.82) is 0 Å². The van der Waals surface area contributed by atoms with E-state index in [9.17, 15) is 4.79 Å². The first-order chi connectivity index (χ1) is 9.33. The highest BCUT2D eigenvalue weighted by atomic mass is 16.2. The molecule has 2 aromatic rings. The van der Waals surface area contributed by atoms with Gasteiger partial charge < -0.3 is 15.6 Å². The molecule has 1 aromatic carbocycles. The van der Waals surface area contributed by atoms with Gasteiger partial charge in [0.2, 0.25) is 0 Å². The van der Waals surface area contributed by atoms with Gasteiger partial charge in [-0.15, -0.1) is 0 Å². The van der Waals surface area contributed by atoms with Gasteiger partial charge >= 0.3 is 6.03 Å². The fourth-order valence-corrected chi connectivity index (χ4v) is 1.83. The van der Waals surface area contributed by atoms with Crippen molar-refractivity contribution >= 4 is 11.7 Å². The molecule has 0 aliphatic rings. The number of nitrogens with one attached hydrogen (secondary N) is 3. The lowest BCUT2D eigenvalue weighted by molar-refractivity contribution is 0.244. The van der Waals surface area contributed by atoms with Crippen molar-refractivity contribution in [2.24, 2.45) is 0 Å². The van der Waals surface area contributed by atoms with Crippen molar-refractivity contribution in [2.75, 3.05) is 5.32 Å². The van der Waals surface area contributed by atoms with Crippen molar-refractivity contribution in [2.45, 2.75) is 33.2 Å². The van der Waals surface area contributed by atoms with Gasteiger partial charge in [-0.05, 0) is 39.8 Å². The van der Waals surface area contributed by atoms with Gasteiger partial charge in [0.1, 0.15) is 5.82 Å². The predicted octanol–water partition coefficient (Wildman–Crippen LogP) is 3.31. The summed E-state index contributed by atoms with van der Waals surface area (Å²) in [6, 6.07) is 7.43. The number of anilines is 1. The molecule has 0 fully saturated rings. The number of aromatic nitrogens is 2. The zero-order valence-electron chi connectivity index (χ0n) is 12.2. The Hall–Kier alpha value is -2.30. The molecule has 0 radical (unpaired) electrons. The van der Waals surface area contributed by atoms with Crippen LogP contribution >= 0.6 is 0 Å². The highest BCUT2D eigenvalue weighted by Gasteiger charge is 2.13. The number of benzene rings is 1. The van der Waals surface area contributed by atoms with Crippen LogP contribution in [0.25, 0.3) is 11.3 Å². The average molecular weight is 272 g/mol. The molecule has 2 rings (SSSR count). The fraction of sp³-hybridized carbons (Fsp3) is 0.333. The summed E-state index contributed by atoms with van der Waals surface area (Å²) in [5.41, 5.74) is 2.40. The number of amides is 2. The average Bonchev–Trinajstić information content (AvgIpc) is 2.73. The number of imidazole rings is 1. The fourth-order valence-electron chi connectivity index (χ4n) is 1.83. The van der Waals surface area contributed by atoms with E-state index in [1.807, 2.05) is 52.0 Å². The van der Waals surface area contributed by atoms with E-state index >= 15 is 0 Å². The molecule has 106 valence electrons. The predicted molar refractivity (Wildman–Crippen MR) is 80.7 cm³/mol. The monoisotopic (exact) mass is 272 g/mol. The summed E-state index contributed by atoms with van der Waals surface area (Å²) in [7, 11) is 0. The maximum Gasteiger partial charge on any atom is 0.319 e. The quantitative estimate of drug-likeness (QED) is 0.785. The molecule has 0 unspecified atom stereocenters. The lowest BCUT2D eigenvalue weighted by Crippen LogP contribution is -2.43. The van der Waals surface area contributed by atoms with Gasteiger partial charge in [0.25, 0.3) is 0 Å². The number of carbonyl (C=O) groups excluding carboxylic acids is 1. The van der Waals surface area contributed by atoms with Crippen molar-refractivity contribution in [1.82, 2.24) is 15.3 Å². The van der Waals surface area contributed by atoms with E-state index in [1.165, 1.54) is 0 Å². The normalized spacial score (nSPS) is 11.2. The third-order valence-corrected chi connectivity index (χ3v) is 2.62. The number of carbonyl (C=O) groups is 1. The van der Waals surface area contributed by atoms with E-state index < -0.39 is 0 Å². The Morgan fingerprint density at radius 3 is 2.65 bits per heavy atom. The number of rotatable bonds is 2. The van der Waals surface area contributed by atoms with Crippen LogP contribution in [0, 0.1) is 6.92 Å². The molecular formula is C15H20N4O. The van der Waals surface area contributed by atoms with E-state index in [4.69, 9.17) is 0 Å². The van der Waals surface area contributed by atoms with Crippen molar-refractivity contribution < 1.29 is 4.79 Å². The lowest BCUT2D eigenvalue weighted by atomic mass is 10.1. The zero-order chi connectivity index (χ0) is 14.8. The minimum Gasteiger partial charge on any atom is -0.342 e. The standard InChI is InChI=1S/C15H20N4O/c1-10-16-9-13(17-10)11-6-5-7-12(8-11)18-14(20)19-15(2,3)4/h5-9H,1-4H3,(H,16,17)(H2,18,19,20). The Kier molecular flexibility index (Phi) is 3.79. The second-order valence-corrected chi connectivity index (χ2v) is 5.79. The summed E-state index contributed by atoms with van der Waals surface area (Å²) < 4.78 is 0. The van der Waals surface area contributed by atoms with Crippen LogP contribution in [0.2, 0.25) is 0 Å². The van der Waals surface area contributed by atoms with E-state index in [2.05, 4.69) is 20.6 Å². The Morgan fingerprint density at radius 1 is 1.30 bits per heavy atom. The van der Waals surface area contributed by atoms with Gasteiger partial charge in [-0.1, -0.05) is 12.1 Å². The van der Waals surface area contributed by atoms with E-state index in [1.54, 1.807) is 6.20 Å². The molecule has 0 saturated carbocycles. The largest absolute Gasteiger partial charge is 0.342 e. The van der Waals surface area contributed by atoms with Crippen LogP contribution in [-0.2, 0) is 0 Å². The Morgan fingerprint density at radius 2 is 2.05 bits per heavy atom. The number of aromatic amines is 1. The van der Waals surface area contributed by atoms with Gasteiger partial charge in [-0.3, -0.25) is 0 Å². The van der Waals surface area contributed by atoms with Crippen LogP contribution in [0.5, 0.6) is 0 Å².